The lowest BCUT2D eigenvalue weighted by atomic mass is 9.85. The van der Waals surface area contributed by atoms with E-state index in [0.717, 1.165) is 19.6 Å². The maximum Gasteiger partial charge on any atom is 0.0595 e. The van der Waals surface area contributed by atoms with Crippen LogP contribution in [-0.4, -0.2) is 31.6 Å². The summed E-state index contributed by atoms with van der Waals surface area (Å²) in [5.74, 6) is 0.635. The van der Waals surface area contributed by atoms with Gasteiger partial charge in [-0.3, -0.25) is 4.90 Å². The summed E-state index contributed by atoms with van der Waals surface area (Å²) in [5, 5.41) is 4.76. The highest BCUT2D eigenvalue weighted by Crippen LogP contribution is 2.36. The van der Waals surface area contributed by atoms with Crippen LogP contribution in [0.4, 0.5) is 0 Å². The smallest absolute Gasteiger partial charge is 0.0595 e. The molecule has 0 amide bonds. The predicted molar refractivity (Wildman–Crippen MR) is 83.1 cm³/mol. The second-order valence-corrected chi connectivity index (χ2v) is 6.12. The molecule has 4 heteroatoms. The molecule has 2 rings (SSSR count). The Hall–Kier alpha value is -0.280. The number of halogens is 2. The first-order valence-corrected chi connectivity index (χ1v) is 7.75. The van der Waals surface area contributed by atoms with E-state index in [-0.39, 0.29) is 0 Å². The van der Waals surface area contributed by atoms with Gasteiger partial charge in [-0.1, -0.05) is 36.2 Å². The molecule has 2 nitrogen and oxygen atoms in total. The Morgan fingerprint density at radius 1 is 1.32 bits per heavy atom. The number of likely N-dealkylation sites (tertiary alicyclic amines) is 1. The van der Waals surface area contributed by atoms with E-state index in [2.05, 4.69) is 30.3 Å². The van der Waals surface area contributed by atoms with Crippen LogP contribution in [0.5, 0.6) is 0 Å². The molecule has 0 saturated carbocycles. The van der Waals surface area contributed by atoms with Crippen molar-refractivity contribution in [3.8, 4) is 0 Å². The van der Waals surface area contributed by atoms with Gasteiger partial charge in [0, 0.05) is 6.04 Å². The van der Waals surface area contributed by atoms with Crippen molar-refractivity contribution in [1.29, 1.82) is 0 Å². The molecule has 106 valence electrons. The van der Waals surface area contributed by atoms with E-state index in [1.807, 2.05) is 12.1 Å². The molecular weight excluding hydrogens is 279 g/mol. The molecule has 2 atom stereocenters. The summed E-state index contributed by atoms with van der Waals surface area (Å²) in [6, 6.07) is 6.48. The summed E-state index contributed by atoms with van der Waals surface area (Å²) in [6.45, 7) is 5.38. The van der Waals surface area contributed by atoms with Gasteiger partial charge in [0.15, 0.2) is 0 Å². The normalized spacial score (nSPS) is 24.6. The van der Waals surface area contributed by atoms with Crippen LogP contribution in [0.2, 0.25) is 10.0 Å². The predicted octanol–water partition coefficient (Wildman–Crippen LogP) is 3.99. The lowest BCUT2D eigenvalue weighted by molar-refractivity contribution is 0.120. The highest BCUT2D eigenvalue weighted by molar-refractivity contribution is 6.42. The zero-order valence-corrected chi connectivity index (χ0v) is 13.1. The summed E-state index contributed by atoms with van der Waals surface area (Å²) < 4.78 is 0. The fraction of sp³-hybridized carbons (Fsp3) is 0.600. The van der Waals surface area contributed by atoms with Gasteiger partial charge in [0.2, 0.25) is 0 Å². The van der Waals surface area contributed by atoms with E-state index in [1.54, 1.807) is 0 Å². The molecule has 1 aromatic carbocycles. The minimum Gasteiger partial charge on any atom is -0.317 e. The molecule has 1 N–H and O–H groups in total. The first-order valence-electron chi connectivity index (χ1n) is 6.99. The number of nitrogens with one attached hydrogen (secondary N) is 1. The van der Waals surface area contributed by atoms with Crippen molar-refractivity contribution in [2.45, 2.75) is 25.8 Å². The Labute approximate surface area is 126 Å². The fourth-order valence-corrected chi connectivity index (χ4v) is 3.33. The summed E-state index contributed by atoms with van der Waals surface area (Å²) in [5.41, 5.74) is 1.28. The highest BCUT2D eigenvalue weighted by Gasteiger charge is 2.30. The van der Waals surface area contributed by atoms with Crippen LogP contribution in [-0.2, 0) is 0 Å². The minimum atomic E-state index is 0.433. The maximum absolute atomic E-state index is 6.17. The molecule has 0 aromatic heterocycles. The van der Waals surface area contributed by atoms with Gasteiger partial charge in [-0.2, -0.15) is 0 Å². The lowest BCUT2D eigenvalue weighted by Crippen LogP contribution is -2.40. The lowest BCUT2D eigenvalue weighted by Gasteiger charge is -2.40. The van der Waals surface area contributed by atoms with Crippen LogP contribution in [0.1, 0.15) is 31.4 Å². The second kappa shape index (κ2) is 6.94. The summed E-state index contributed by atoms with van der Waals surface area (Å²) >= 11 is 12.2. The molecule has 0 bridgehead atoms. The molecule has 19 heavy (non-hydrogen) atoms. The SMILES string of the molecule is CCNCC1CCCN(C)C1c1ccc(Cl)c(Cl)c1. The summed E-state index contributed by atoms with van der Waals surface area (Å²) in [7, 11) is 2.20. The molecule has 1 heterocycles. The topological polar surface area (TPSA) is 15.3 Å². The van der Waals surface area contributed by atoms with Crippen LogP contribution in [0.15, 0.2) is 18.2 Å². The molecule has 1 fully saturated rings. The van der Waals surface area contributed by atoms with Crippen LogP contribution >= 0.6 is 23.2 Å². The van der Waals surface area contributed by atoms with Gasteiger partial charge in [0.1, 0.15) is 0 Å². The largest absolute Gasteiger partial charge is 0.317 e. The van der Waals surface area contributed by atoms with Crippen molar-refractivity contribution in [1.82, 2.24) is 10.2 Å². The maximum atomic E-state index is 6.17. The monoisotopic (exact) mass is 300 g/mol. The van der Waals surface area contributed by atoms with E-state index in [1.165, 1.54) is 18.4 Å². The number of rotatable bonds is 4. The molecular formula is C15H22Cl2N2. The molecule has 0 spiro atoms. The van der Waals surface area contributed by atoms with Crippen molar-refractivity contribution in [3.05, 3.63) is 33.8 Å². The third-order valence-electron chi connectivity index (χ3n) is 3.95. The quantitative estimate of drug-likeness (QED) is 0.904. The highest BCUT2D eigenvalue weighted by atomic mass is 35.5. The first kappa shape index (κ1) is 15.1. The van der Waals surface area contributed by atoms with Crippen molar-refractivity contribution in [2.75, 3.05) is 26.7 Å². The molecule has 1 aliphatic heterocycles. The average Bonchev–Trinajstić information content (AvgIpc) is 2.40. The number of benzene rings is 1. The number of hydrogen-bond donors (Lipinski definition) is 1. The van der Waals surface area contributed by atoms with Crippen molar-refractivity contribution in [3.63, 3.8) is 0 Å². The second-order valence-electron chi connectivity index (χ2n) is 5.31. The van der Waals surface area contributed by atoms with Crippen LogP contribution in [0.3, 0.4) is 0 Å². The standard InChI is InChI=1S/C15H22Cl2N2/c1-3-18-10-12-5-4-8-19(2)15(12)11-6-7-13(16)14(17)9-11/h6-7,9,12,15,18H,3-5,8,10H2,1-2H3. The van der Waals surface area contributed by atoms with Gasteiger partial charge in [0.25, 0.3) is 0 Å². The number of hydrogen-bond acceptors (Lipinski definition) is 2. The van der Waals surface area contributed by atoms with Crippen molar-refractivity contribution in [2.24, 2.45) is 5.92 Å². The third-order valence-corrected chi connectivity index (χ3v) is 4.69. The zero-order valence-electron chi connectivity index (χ0n) is 11.6. The first-order chi connectivity index (χ1) is 9.13. The van der Waals surface area contributed by atoms with Gasteiger partial charge in [0.05, 0.1) is 10.0 Å². The number of piperidine rings is 1. The van der Waals surface area contributed by atoms with E-state index >= 15 is 0 Å². The molecule has 2 unspecified atom stereocenters. The molecule has 1 aromatic rings. The van der Waals surface area contributed by atoms with E-state index in [9.17, 15) is 0 Å². The fourth-order valence-electron chi connectivity index (χ4n) is 3.03. The summed E-state index contributed by atoms with van der Waals surface area (Å²) in [6.07, 6.45) is 2.53. The zero-order chi connectivity index (χ0) is 13.8. The Morgan fingerprint density at radius 2 is 2.11 bits per heavy atom. The van der Waals surface area contributed by atoms with Gasteiger partial charge in [-0.15, -0.1) is 0 Å². The van der Waals surface area contributed by atoms with Gasteiger partial charge in [-0.05, 0) is 63.1 Å². The Bertz CT molecular complexity index is 423. The molecule has 1 aliphatic rings. The Morgan fingerprint density at radius 3 is 2.79 bits per heavy atom. The van der Waals surface area contributed by atoms with Crippen LogP contribution < -0.4 is 5.32 Å². The van der Waals surface area contributed by atoms with Gasteiger partial charge >= 0.3 is 0 Å². The molecule has 0 aliphatic carbocycles. The van der Waals surface area contributed by atoms with E-state index in [4.69, 9.17) is 23.2 Å². The summed E-state index contributed by atoms with van der Waals surface area (Å²) in [4.78, 5) is 2.44. The van der Waals surface area contributed by atoms with E-state index in [0.29, 0.717) is 22.0 Å². The van der Waals surface area contributed by atoms with Crippen molar-refractivity contribution >= 4 is 23.2 Å². The van der Waals surface area contributed by atoms with Gasteiger partial charge < -0.3 is 5.32 Å². The Balaban J connectivity index is 2.22. The van der Waals surface area contributed by atoms with Gasteiger partial charge in [-0.25, -0.2) is 0 Å². The van der Waals surface area contributed by atoms with Crippen LogP contribution in [0, 0.1) is 5.92 Å². The van der Waals surface area contributed by atoms with Crippen molar-refractivity contribution < 1.29 is 0 Å². The third kappa shape index (κ3) is 3.63. The molecule has 1 saturated heterocycles. The van der Waals surface area contributed by atoms with Crippen LogP contribution in [0.25, 0.3) is 0 Å². The minimum absolute atomic E-state index is 0.433. The number of nitrogens with zero attached hydrogens (tertiary/aromatic N) is 1. The molecule has 0 radical (unpaired) electrons. The Kier molecular flexibility index (Phi) is 5.52. The van der Waals surface area contributed by atoms with E-state index < -0.39 is 0 Å². The average molecular weight is 301 g/mol.